The van der Waals surface area contributed by atoms with Crippen molar-refractivity contribution in [2.45, 2.75) is 19.5 Å². The van der Waals surface area contributed by atoms with Gasteiger partial charge in [-0.25, -0.2) is 4.98 Å². The van der Waals surface area contributed by atoms with Crippen LogP contribution < -0.4 is 27.9 Å². The number of hydrogen-bond donors (Lipinski definition) is 5. The zero-order valence-electron chi connectivity index (χ0n) is 16.4. The van der Waals surface area contributed by atoms with Gasteiger partial charge in [-0.2, -0.15) is 5.10 Å². The molecule has 7 N–H and O–H groups in total. The van der Waals surface area contributed by atoms with E-state index in [0.29, 0.717) is 44.2 Å². The third-order valence-electron chi connectivity index (χ3n) is 5.37. The number of amides is 1. The number of fused-ring (bicyclic) bond motifs is 2. The first kappa shape index (κ1) is 18.4. The minimum Gasteiger partial charge on any atom is -0.384 e. The molecule has 0 saturated carbocycles. The number of benzene rings is 1. The number of nitrogens with one attached hydrogen (secondary N) is 3. The molecule has 0 saturated heterocycles. The molecule has 4 heterocycles. The summed E-state index contributed by atoms with van der Waals surface area (Å²) in [5.74, 6) is 1.20. The normalized spacial score (nSPS) is 14.4. The summed E-state index contributed by atoms with van der Waals surface area (Å²) in [5, 5.41) is 4.49. The van der Waals surface area contributed by atoms with E-state index in [-0.39, 0.29) is 5.91 Å². The molecule has 0 spiro atoms. The summed E-state index contributed by atoms with van der Waals surface area (Å²) < 4.78 is 1.88. The number of hydrogen-bond acceptors (Lipinski definition) is 8. The van der Waals surface area contributed by atoms with Crippen molar-refractivity contribution in [3.05, 3.63) is 64.5 Å². The molecule has 0 atom stereocenters. The lowest BCUT2D eigenvalue weighted by atomic mass is 10.1. The highest BCUT2D eigenvalue weighted by Crippen LogP contribution is 2.30. The van der Waals surface area contributed by atoms with Gasteiger partial charge in [0.1, 0.15) is 5.82 Å². The topological polar surface area (TPSA) is 139 Å². The number of nitrogens with two attached hydrogens (primary N) is 2. The van der Waals surface area contributed by atoms with Crippen molar-refractivity contribution in [2.24, 2.45) is 5.73 Å². The first-order chi connectivity index (χ1) is 14.6. The van der Waals surface area contributed by atoms with Gasteiger partial charge in [-0.15, -0.1) is 5.53 Å². The maximum Gasteiger partial charge on any atom is 0.254 e. The van der Waals surface area contributed by atoms with Gasteiger partial charge in [-0.3, -0.25) is 14.9 Å². The van der Waals surface area contributed by atoms with Crippen LogP contribution in [0.4, 0.5) is 17.3 Å². The number of anilines is 3. The van der Waals surface area contributed by atoms with Gasteiger partial charge in [0.25, 0.3) is 5.91 Å². The number of aromatic nitrogens is 3. The maximum absolute atomic E-state index is 12.5. The zero-order chi connectivity index (χ0) is 20.7. The summed E-state index contributed by atoms with van der Waals surface area (Å²) in [6, 6.07) is 7.90. The second-order valence-electron chi connectivity index (χ2n) is 7.53. The molecule has 2 aliphatic heterocycles. The van der Waals surface area contributed by atoms with Crippen LogP contribution in [0.1, 0.15) is 32.6 Å². The van der Waals surface area contributed by atoms with Crippen LogP contribution in [-0.2, 0) is 19.5 Å². The van der Waals surface area contributed by atoms with E-state index < -0.39 is 0 Å². The molecule has 2 aliphatic rings. The van der Waals surface area contributed by atoms with Gasteiger partial charge >= 0.3 is 0 Å². The molecule has 30 heavy (non-hydrogen) atoms. The number of hydrazine groups is 2. The minimum absolute atomic E-state index is 0.0531. The van der Waals surface area contributed by atoms with E-state index >= 15 is 0 Å². The Kier molecular flexibility index (Phi) is 4.49. The third-order valence-corrected chi connectivity index (χ3v) is 5.37. The summed E-state index contributed by atoms with van der Waals surface area (Å²) >= 11 is 0. The molecular weight excluding hydrogens is 382 g/mol. The number of carbonyl (C=O) groups excluding carboxylic acids is 1. The van der Waals surface area contributed by atoms with E-state index in [4.69, 9.17) is 11.5 Å². The van der Waals surface area contributed by atoms with Crippen molar-refractivity contribution < 1.29 is 4.79 Å². The lowest BCUT2D eigenvalue weighted by Gasteiger charge is -2.13. The third kappa shape index (κ3) is 3.31. The molecule has 10 heteroatoms. The Morgan fingerprint density at radius 3 is 2.93 bits per heavy atom. The van der Waals surface area contributed by atoms with Gasteiger partial charge in [0, 0.05) is 37.8 Å². The predicted molar refractivity (Wildman–Crippen MR) is 113 cm³/mol. The molecule has 154 valence electrons. The van der Waals surface area contributed by atoms with E-state index in [2.05, 4.69) is 32.5 Å². The summed E-state index contributed by atoms with van der Waals surface area (Å²) in [4.78, 5) is 18.6. The maximum atomic E-state index is 12.5. The molecule has 0 unspecified atom stereocenters. The molecule has 5 rings (SSSR count). The Labute approximate surface area is 173 Å². The highest BCUT2D eigenvalue weighted by atomic mass is 16.2. The Morgan fingerprint density at radius 2 is 2.07 bits per heavy atom. The van der Waals surface area contributed by atoms with Gasteiger partial charge < -0.3 is 21.8 Å². The van der Waals surface area contributed by atoms with E-state index in [1.165, 1.54) is 0 Å². The van der Waals surface area contributed by atoms with Crippen LogP contribution in [0, 0.1) is 0 Å². The standard InChI is InChI=1S/C20H23N9O/c21-3-4-28-11-14-2-1-12(6-16(14)20(28)30)9-29-10-13(8-23-29)5-15-7-17(22)24-19-18(15)25-27-26-19/h1-2,6-8,10,25,27H,3-5,9,11,21H2,(H3,22,24,26). The highest BCUT2D eigenvalue weighted by molar-refractivity contribution is 5.98. The van der Waals surface area contributed by atoms with Crippen molar-refractivity contribution in [3.8, 4) is 0 Å². The predicted octanol–water partition coefficient (Wildman–Crippen LogP) is 0.671. The smallest absolute Gasteiger partial charge is 0.254 e. The Hall–Kier alpha value is -3.63. The van der Waals surface area contributed by atoms with Crippen molar-refractivity contribution in [2.75, 3.05) is 29.7 Å². The van der Waals surface area contributed by atoms with Crippen molar-refractivity contribution in [3.63, 3.8) is 0 Å². The summed E-state index contributed by atoms with van der Waals surface area (Å²) in [7, 11) is 0. The number of rotatable bonds is 6. The molecule has 2 aromatic heterocycles. The number of carbonyl (C=O) groups is 1. The fourth-order valence-electron chi connectivity index (χ4n) is 3.98. The highest BCUT2D eigenvalue weighted by Gasteiger charge is 2.26. The van der Waals surface area contributed by atoms with Crippen molar-refractivity contribution in [1.82, 2.24) is 25.2 Å². The van der Waals surface area contributed by atoms with Crippen LogP contribution in [0.2, 0.25) is 0 Å². The van der Waals surface area contributed by atoms with Crippen LogP contribution in [0.25, 0.3) is 0 Å². The second kappa shape index (κ2) is 7.32. The average molecular weight is 405 g/mol. The molecule has 0 fully saturated rings. The fraction of sp³-hybridized carbons (Fsp3) is 0.250. The molecule has 10 nitrogen and oxygen atoms in total. The van der Waals surface area contributed by atoms with Gasteiger partial charge in [0.2, 0.25) is 0 Å². The quantitative estimate of drug-likeness (QED) is 0.403. The van der Waals surface area contributed by atoms with Crippen LogP contribution in [0.15, 0.2) is 36.7 Å². The fourth-order valence-corrected chi connectivity index (χ4v) is 3.98. The molecule has 1 amide bonds. The summed E-state index contributed by atoms with van der Waals surface area (Å²) in [6.45, 7) is 2.27. The number of pyridine rings is 1. The van der Waals surface area contributed by atoms with Crippen LogP contribution >= 0.6 is 0 Å². The molecular formula is C20H23N9O. The Bertz CT molecular complexity index is 1120. The van der Waals surface area contributed by atoms with E-state index in [1.807, 2.05) is 35.3 Å². The van der Waals surface area contributed by atoms with Crippen LogP contribution in [-0.4, -0.2) is 38.7 Å². The first-order valence-electron chi connectivity index (χ1n) is 9.79. The summed E-state index contributed by atoms with van der Waals surface area (Å²) in [6.07, 6.45) is 4.52. The molecule has 1 aromatic carbocycles. The molecule has 0 aliphatic carbocycles. The SMILES string of the molecule is NCCN1Cc2ccc(Cn3cc(Cc4cc(N)nc5c4NNN5)cn3)cc2C1=O. The molecule has 0 radical (unpaired) electrons. The van der Waals surface area contributed by atoms with Gasteiger partial charge in [-0.05, 0) is 34.4 Å². The minimum atomic E-state index is 0.0531. The van der Waals surface area contributed by atoms with E-state index in [1.54, 1.807) is 4.90 Å². The lowest BCUT2D eigenvalue weighted by Crippen LogP contribution is -2.29. The monoisotopic (exact) mass is 405 g/mol. The number of nitrogen functional groups attached to an aromatic ring is 1. The second-order valence-corrected chi connectivity index (χ2v) is 7.53. The molecule has 0 bridgehead atoms. The zero-order valence-corrected chi connectivity index (χ0v) is 16.4. The van der Waals surface area contributed by atoms with Crippen molar-refractivity contribution >= 4 is 23.2 Å². The van der Waals surface area contributed by atoms with Gasteiger partial charge in [-0.1, -0.05) is 12.1 Å². The van der Waals surface area contributed by atoms with Crippen LogP contribution in [0.5, 0.6) is 0 Å². The largest absolute Gasteiger partial charge is 0.384 e. The Morgan fingerprint density at radius 1 is 1.17 bits per heavy atom. The van der Waals surface area contributed by atoms with Gasteiger partial charge in [0.05, 0.1) is 18.4 Å². The Balaban J connectivity index is 1.32. The van der Waals surface area contributed by atoms with Gasteiger partial charge in [0.15, 0.2) is 5.82 Å². The average Bonchev–Trinajstić information content (AvgIpc) is 3.43. The number of nitrogens with zero attached hydrogens (tertiary/aromatic N) is 4. The van der Waals surface area contributed by atoms with E-state index in [0.717, 1.165) is 33.5 Å². The van der Waals surface area contributed by atoms with Crippen molar-refractivity contribution in [1.29, 1.82) is 0 Å². The van der Waals surface area contributed by atoms with Crippen LogP contribution in [0.3, 0.4) is 0 Å². The first-order valence-corrected chi connectivity index (χ1v) is 9.79. The molecule has 3 aromatic rings. The van der Waals surface area contributed by atoms with E-state index in [9.17, 15) is 4.79 Å². The summed E-state index contributed by atoms with van der Waals surface area (Å²) in [5.41, 5.74) is 26.2. The lowest BCUT2D eigenvalue weighted by molar-refractivity contribution is 0.0783.